The van der Waals surface area contributed by atoms with Gasteiger partial charge in [0, 0.05) is 45.2 Å². The van der Waals surface area contributed by atoms with Crippen molar-refractivity contribution >= 4 is 12.0 Å². The van der Waals surface area contributed by atoms with E-state index >= 15 is 0 Å². The number of carbonyl (C=O) groups excluding carboxylic acids is 1. The Balaban J connectivity index is 1.03. The van der Waals surface area contributed by atoms with Gasteiger partial charge in [-0.05, 0) is 68.5 Å². The molecule has 0 aromatic heterocycles. The van der Waals surface area contributed by atoms with Crippen molar-refractivity contribution in [1.29, 1.82) is 0 Å². The maximum Gasteiger partial charge on any atom is 0.226 e. The van der Waals surface area contributed by atoms with Gasteiger partial charge in [-0.15, -0.1) is 0 Å². The largest absolute Gasteiger partial charge is 0.340 e. The highest BCUT2D eigenvalue weighted by Gasteiger charge is 2.59. The van der Waals surface area contributed by atoms with Gasteiger partial charge in [-0.3, -0.25) is 9.69 Å². The lowest BCUT2D eigenvalue weighted by Crippen LogP contribution is -2.49. The summed E-state index contributed by atoms with van der Waals surface area (Å²) < 4.78 is 0. The zero-order valence-electron chi connectivity index (χ0n) is 19.5. The first-order chi connectivity index (χ1) is 15.7. The van der Waals surface area contributed by atoms with E-state index in [1.54, 1.807) is 0 Å². The maximum atomic E-state index is 13.2. The second-order valence-electron chi connectivity index (χ2n) is 10.5. The van der Waals surface area contributed by atoms with Crippen molar-refractivity contribution in [3.8, 4) is 0 Å². The van der Waals surface area contributed by atoms with Crippen LogP contribution < -0.4 is 0 Å². The van der Waals surface area contributed by atoms with Gasteiger partial charge < -0.3 is 9.80 Å². The van der Waals surface area contributed by atoms with Crippen molar-refractivity contribution in [1.82, 2.24) is 14.7 Å². The third kappa shape index (κ3) is 5.18. The quantitative estimate of drug-likeness (QED) is 0.626. The summed E-state index contributed by atoms with van der Waals surface area (Å²) in [5.74, 6) is 1.62. The van der Waals surface area contributed by atoms with Gasteiger partial charge in [0.15, 0.2) is 0 Å². The molecule has 1 aromatic rings. The highest BCUT2D eigenvalue weighted by Crippen LogP contribution is 2.60. The molecule has 2 aliphatic heterocycles. The molecule has 4 nitrogen and oxygen atoms in total. The van der Waals surface area contributed by atoms with Crippen LogP contribution in [-0.2, 0) is 4.79 Å². The van der Waals surface area contributed by atoms with E-state index in [-0.39, 0.29) is 0 Å². The molecule has 4 aliphatic rings. The van der Waals surface area contributed by atoms with Gasteiger partial charge in [0.2, 0.25) is 5.91 Å². The molecule has 2 unspecified atom stereocenters. The van der Waals surface area contributed by atoms with Crippen molar-refractivity contribution in [2.45, 2.75) is 38.5 Å². The highest BCUT2D eigenvalue weighted by atomic mass is 16.2. The van der Waals surface area contributed by atoms with Crippen LogP contribution in [0.25, 0.3) is 6.08 Å². The number of piperidine rings is 1. The summed E-state index contributed by atoms with van der Waals surface area (Å²) in [7, 11) is 0. The van der Waals surface area contributed by atoms with Gasteiger partial charge in [0.1, 0.15) is 0 Å². The van der Waals surface area contributed by atoms with Crippen LogP contribution in [0.5, 0.6) is 0 Å². The lowest BCUT2D eigenvalue weighted by Gasteiger charge is -2.37. The van der Waals surface area contributed by atoms with Gasteiger partial charge in [0.05, 0.1) is 0 Å². The van der Waals surface area contributed by atoms with Gasteiger partial charge in [0.25, 0.3) is 0 Å². The Morgan fingerprint density at radius 3 is 2.47 bits per heavy atom. The predicted molar refractivity (Wildman–Crippen MR) is 131 cm³/mol. The van der Waals surface area contributed by atoms with Gasteiger partial charge in [-0.25, -0.2) is 0 Å². The molecule has 32 heavy (non-hydrogen) atoms. The molecular weight excluding hydrogens is 394 g/mol. The standard InChI is InChI=1S/C28H39N3O/c32-27(31-20-18-29(19-21-31)15-7-12-24-8-3-1-4-9-24)26-22-28(26)13-16-30(17-14-28)23-25-10-5-2-6-11-25/h1-5,7-9,12,25-26H,6,10-11,13-23H2/b12-7+. The Labute approximate surface area is 193 Å². The van der Waals surface area contributed by atoms with Crippen molar-refractivity contribution in [3.63, 3.8) is 0 Å². The van der Waals surface area contributed by atoms with Crippen LogP contribution in [0.1, 0.15) is 44.1 Å². The number of benzene rings is 1. The van der Waals surface area contributed by atoms with E-state index in [2.05, 4.69) is 69.3 Å². The van der Waals surface area contributed by atoms with Gasteiger partial charge in [-0.2, -0.15) is 0 Å². The normalized spacial score (nSPS) is 28.4. The van der Waals surface area contributed by atoms with Crippen LogP contribution in [0.4, 0.5) is 0 Å². The molecule has 3 fully saturated rings. The second kappa shape index (κ2) is 9.93. The summed E-state index contributed by atoms with van der Waals surface area (Å²) in [4.78, 5) is 20.5. The van der Waals surface area contributed by atoms with Crippen LogP contribution in [0.2, 0.25) is 0 Å². The summed E-state index contributed by atoms with van der Waals surface area (Å²) in [6.07, 6.45) is 16.6. The monoisotopic (exact) mass is 433 g/mol. The molecule has 0 bridgehead atoms. The number of nitrogens with zero attached hydrogens (tertiary/aromatic N) is 3. The SMILES string of the molecule is O=C(C1CC12CCN(CC1CC=CCC1)CC2)N1CCN(C/C=C/c2ccccc2)CC1. The first kappa shape index (κ1) is 21.9. The zero-order chi connectivity index (χ0) is 21.8. The van der Waals surface area contributed by atoms with Crippen LogP contribution in [0, 0.1) is 17.3 Å². The highest BCUT2D eigenvalue weighted by molar-refractivity contribution is 5.83. The third-order valence-corrected chi connectivity index (χ3v) is 8.39. The van der Waals surface area contributed by atoms with E-state index < -0.39 is 0 Å². The van der Waals surface area contributed by atoms with E-state index in [0.29, 0.717) is 17.2 Å². The summed E-state index contributed by atoms with van der Waals surface area (Å²) in [5, 5.41) is 0. The number of amides is 1. The predicted octanol–water partition coefficient (Wildman–Crippen LogP) is 4.30. The molecule has 1 aromatic carbocycles. The first-order valence-corrected chi connectivity index (χ1v) is 12.8. The number of piperazine rings is 1. The third-order valence-electron chi connectivity index (χ3n) is 8.39. The Morgan fingerprint density at radius 1 is 0.969 bits per heavy atom. The van der Waals surface area contributed by atoms with Crippen LogP contribution in [0.15, 0.2) is 48.6 Å². The fourth-order valence-electron chi connectivity index (χ4n) is 6.09. The van der Waals surface area contributed by atoms with Crippen LogP contribution in [-0.4, -0.2) is 73.0 Å². The van der Waals surface area contributed by atoms with E-state index in [9.17, 15) is 4.79 Å². The lowest BCUT2D eigenvalue weighted by atomic mass is 9.88. The van der Waals surface area contributed by atoms with E-state index in [1.807, 2.05) is 0 Å². The molecule has 0 radical (unpaired) electrons. The molecule has 2 saturated heterocycles. The van der Waals surface area contributed by atoms with Crippen molar-refractivity contribution in [2.75, 3.05) is 52.4 Å². The summed E-state index contributed by atoms with van der Waals surface area (Å²) in [6.45, 7) is 8.41. The van der Waals surface area contributed by atoms with Crippen LogP contribution >= 0.6 is 0 Å². The molecular formula is C28H39N3O. The number of likely N-dealkylation sites (tertiary alicyclic amines) is 1. The molecule has 1 spiro atoms. The Kier molecular flexibility index (Phi) is 6.80. The second-order valence-corrected chi connectivity index (χ2v) is 10.5. The molecule has 5 rings (SSSR count). The number of hydrogen-bond acceptors (Lipinski definition) is 3. The molecule has 0 N–H and O–H groups in total. The number of hydrogen-bond donors (Lipinski definition) is 0. The van der Waals surface area contributed by atoms with Crippen molar-refractivity contribution < 1.29 is 4.79 Å². The fraction of sp³-hybridized carbons (Fsp3) is 0.607. The van der Waals surface area contributed by atoms with Crippen LogP contribution in [0.3, 0.4) is 0 Å². The zero-order valence-corrected chi connectivity index (χ0v) is 19.5. The Bertz CT molecular complexity index is 816. The fourth-order valence-corrected chi connectivity index (χ4v) is 6.09. The minimum Gasteiger partial charge on any atom is -0.340 e. The molecule has 4 heteroatoms. The number of rotatable bonds is 6. The van der Waals surface area contributed by atoms with E-state index in [1.165, 1.54) is 57.3 Å². The number of allylic oxidation sites excluding steroid dienone is 2. The molecule has 1 amide bonds. The average Bonchev–Trinajstić information content (AvgIpc) is 3.55. The first-order valence-electron chi connectivity index (χ1n) is 12.8. The van der Waals surface area contributed by atoms with Gasteiger partial charge >= 0.3 is 0 Å². The van der Waals surface area contributed by atoms with Gasteiger partial charge in [-0.1, -0.05) is 54.6 Å². The molecule has 2 atom stereocenters. The smallest absolute Gasteiger partial charge is 0.226 e. The van der Waals surface area contributed by atoms with E-state index in [0.717, 1.165) is 45.1 Å². The Morgan fingerprint density at radius 2 is 1.75 bits per heavy atom. The maximum absolute atomic E-state index is 13.2. The molecule has 1 saturated carbocycles. The summed E-state index contributed by atoms with van der Waals surface area (Å²) in [6, 6.07) is 10.5. The van der Waals surface area contributed by atoms with Crippen molar-refractivity contribution in [3.05, 3.63) is 54.1 Å². The topological polar surface area (TPSA) is 26.8 Å². The number of carbonyl (C=O) groups is 1. The molecule has 2 aliphatic carbocycles. The van der Waals surface area contributed by atoms with Crippen molar-refractivity contribution in [2.24, 2.45) is 17.3 Å². The minimum atomic E-state index is 0.312. The minimum absolute atomic E-state index is 0.312. The summed E-state index contributed by atoms with van der Waals surface area (Å²) >= 11 is 0. The summed E-state index contributed by atoms with van der Waals surface area (Å²) in [5.41, 5.74) is 1.59. The average molecular weight is 434 g/mol. The molecule has 2 heterocycles. The lowest BCUT2D eigenvalue weighted by molar-refractivity contribution is -0.135. The molecule has 172 valence electrons. The van der Waals surface area contributed by atoms with E-state index in [4.69, 9.17) is 0 Å². The Hall–Kier alpha value is -1.91.